The van der Waals surface area contributed by atoms with Crippen LogP contribution in [0.15, 0.2) is 0 Å². The van der Waals surface area contributed by atoms with E-state index in [4.69, 9.17) is 20.4 Å². The molecule has 0 radical (unpaired) electrons. The molecule has 11 atom stereocenters. The van der Waals surface area contributed by atoms with Crippen molar-refractivity contribution in [1.29, 1.82) is 0 Å². The zero-order chi connectivity index (χ0) is 38.5. The molecule has 52 heavy (non-hydrogen) atoms. The number of hydrogen-bond donors (Lipinski definition) is 4. The minimum Gasteiger partial charge on any atom is -0.462 e. The standard InChI is InChI=1S/C40H74N4O7S/c1-27(2)12-8-13-30(37(46)43-22-11-25-44(23-9-20-41)24-10-21-42)36-32-14-15-35-38(5)18-17-33(51-52(47,48)49)28(3)31(38)16-19-39(35,6)40(32,7)26-34(36)50-29(4)45/h27-28,30-36H,8-26,41-42H2,1-7H3,(H,43,46)(H,47,48,49)/t28-,30-,31-,32-,33+,34-,35-,36-,38-,39-,40-/m0/s1. The van der Waals surface area contributed by atoms with Gasteiger partial charge < -0.3 is 26.4 Å². The van der Waals surface area contributed by atoms with Gasteiger partial charge in [0.1, 0.15) is 6.10 Å². The van der Waals surface area contributed by atoms with Gasteiger partial charge >= 0.3 is 16.4 Å². The molecule has 12 heteroatoms. The summed E-state index contributed by atoms with van der Waals surface area (Å²) in [5, 5.41) is 3.35. The van der Waals surface area contributed by atoms with E-state index in [-0.39, 0.29) is 63.8 Å². The fourth-order valence-corrected chi connectivity index (χ4v) is 13.0. The van der Waals surface area contributed by atoms with Crippen LogP contribution in [-0.4, -0.2) is 81.2 Å². The molecule has 0 saturated heterocycles. The van der Waals surface area contributed by atoms with Crippen LogP contribution >= 0.6 is 0 Å². The van der Waals surface area contributed by atoms with Crippen LogP contribution in [0.25, 0.3) is 0 Å². The summed E-state index contributed by atoms with van der Waals surface area (Å²) < 4.78 is 44.4. The number of esters is 1. The molecule has 4 aliphatic carbocycles. The number of fused-ring (bicyclic) bond motifs is 5. The maximum Gasteiger partial charge on any atom is 0.397 e. The third-order valence-electron chi connectivity index (χ3n) is 15.0. The average molecular weight is 755 g/mol. The lowest BCUT2D eigenvalue weighted by Crippen LogP contribution is -2.62. The number of amides is 1. The van der Waals surface area contributed by atoms with Gasteiger partial charge in [0.25, 0.3) is 0 Å². The number of ether oxygens (including phenoxy) is 1. The normalized spacial score (nSPS) is 36.6. The van der Waals surface area contributed by atoms with Gasteiger partial charge in [-0.2, -0.15) is 8.42 Å². The average Bonchev–Trinajstić information content (AvgIpc) is 3.34. The van der Waals surface area contributed by atoms with E-state index < -0.39 is 16.5 Å². The number of carbonyl (C=O) groups excluding carboxylic acids is 2. The van der Waals surface area contributed by atoms with Gasteiger partial charge in [0.2, 0.25) is 5.91 Å². The maximum atomic E-state index is 14.4. The van der Waals surface area contributed by atoms with Crippen LogP contribution in [0.3, 0.4) is 0 Å². The Labute approximate surface area is 315 Å². The van der Waals surface area contributed by atoms with Crippen molar-refractivity contribution in [2.45, 2.75) is 144 Å². The first-order valence-corrected chi connectivity index (χ1v) is 22.0. The Morgan fingerprint density at radius 2 is 1.54 bits per heavy atom. The quantitative estimate of drug-likeness (QED) is 0.0700. The molecule has 6 N–H and O–H groups in total. The van der Waals surface area contributed by atoms with E-state index in [1.165, 1.54) is 6.92 Å². The lowest BCUT2D eigenvalue weighted by Gasteiger charge is -2.68. The molecule has 0 spiro atoms. The van der Waals surface area contributed by atoms with Crippen LogP contribution in [-0.2, 0) is 28.9 Å². The third kappa shape index (κ3) is 9.55. The van der Waals surface area contributed by atoms with E-state index in [0.717, 1.165) is 96.7 Å². The van der Waals surface area contributed by atoms with E-state index in [1.807, 2.05) is 0 Å². The van der Waals surface area contributed by atoms with Crippen LogP contribution in [0.2, 0.25) is 0 Å². The number of nitrogens with one attached hydrogen (secondary N) is 1. The molecule has 0 aliphatic heterocycles. The number of nitrogens with zero attached hydrogens (tertiary/aromatic N) is 1. The van der Waals surface area contributed by atoms with E-state index in [2.05, 4.69) is 51.8 Å². The Hall–Kier alpha value is -1.31. The Morgan fingerprint density at radius 3 is 2.13 bits per heavy atom. The molecule has 0 unspecified atom stereocenters. The first-order chi connectivity index (χ1) is 24.4. The molecule has 1 amide bonds. The van der Waals surface area contributed by atoms with Crippen molar-refractivity contribution in [3.63, 3.8) is 0 Å². The van der Waals surface area contributed by atoms with Crippen LogP contribution in [0.1, 0.15) is 132 Å². The summed E-state index contributed by atoms with van der Waals surface area (Å²) in [6.07, 6.45) is 10.8. The highest BCUT2D eigenvalue weighted by Crippen LogP contribution is 2.75. The van der Waals surface area contributed by atoms with Crippen LogP contribution in [0.5, 0.6) is 0 Å². The molecular weight excluding hydrogens is 681 g/mol. The zero-order valence-corrected chi connectivity index (χ0v) is 34.4. The van der Waals surface area contributed by atoms with E-state index in [1.54, 1.807) is 0 Å². The van der Waals surface area contributed by atoms with Gasteiger partial charge in [0, 0.05) is 25.3 Å². The van der Waals surface area contributed by atoms with E-state index in [0.29, 0.717) is 37.9 Å². The highest BCUT2D eigenvalue weighted by molar-refractivity contribution is 7.80. The number of hydrogen-bond acceptors (Lipinski definition) is 9. The molecule has 0 aromatic heterocycles. The molecule has 0 aromatic carbocycles. The van der Waals surface area contributed by atoms with Crippen molar-refractivity contribution in [3.05, 3.63) is 0 Å². The number of nitrogens with two attached hydrogens (primary N) is 2. The largest absolute Gasteiger partial charge is 0.462 e. The van der Waals surface area contributed by atoms with Crippen molar-refractivity contribution < 1.29 is 31.5 Å². The van der Waals surface area contributed by atoms with Crippen LogP contribution in [0, 0.1) is 57.7 Å². The molecule has 0 aromatic rings. The smallest absolute Gasteiger partial charge is 0.397 e. The second kappa shape index (κ2) is 18.1. The van der Waals surface area contributed by atoms with Gasteiger partial charge in [-0.05, 0) is 149 Å². The fraction of sp³-hybridized carbons (Fsp3) is 0.950. The van der Waals surface area contributed by atoms with Crippen molar-refractivity contribution >= 4 is 22.3 Å². The van der Waals surface area contributed by atoms with Crippen molar-refractivity contribution in [3.8, 4) is 0 Å². The predicted molar refractivity (Wildman–Crippen MR) is 205 cm³/mol. The van der Waals surface area contributed by atoms with Crippen LogP contribution in [0.4, 0.5) is 0 Å². The molecule has 11 nitrogen and oxygen atoms in total. The highest BCUT2D eigenvalue weighted by Gasteiger charge is 2.70. The molecule has 4 fully saturated rings. The maximum absolute atomic E-state index is 14.4. The second-order valence-electron chi connectivity index (χ2n) is 18.3. The topological polar surface area (TPSA) is 174 Å². The van der Waals surface area contributed by atoms with Crippen LogP contribution < -0.4 is 16.8 Å². The summed E-state index contributed by atoms with van der Waals surface area (Å²) in [5.74, 6) is 1.01. The molecule has 4 aliphatic rings. The van der Waals surface area contributed by atoms with Gasteiger partial charge in [0.05, 0.1) is 6.10 Å². The minimum atomic E-state index is -4.52. The summed E-state index contributed by atoms with van der Waals surface area (Å²) in [7, 11) is -4.52. The minimum absolute atomic E-state index is 0.00307. The third-order valence-corrected chi connectivity index (χ3v) is 15.4. The van der Waals surface area contributed by atoms with Gasteiger partial charge in [-0.15, -0.1) is 0 Å². The Kier molecular flexibility index (Phi) is 15.1. The number of rotatable bonds is 19. The summed E-state index contributed by atoms with van der Waals surface area (Å²) in [4.78, 5) is 29.5. The van der Waals surface area contributed by atoms with Gasteiger partial charge in [-0.25, -0.2) is 4.18 Å². The Morgan fingerprint density at radius 1 is 0.885 bits per heavy atom. The molecular formula is C40H74N4O7S. The summed E-state index contributed by atoms with van der Waals surface area (Å²) >= 11 is 0. The summed E-state index contributed by atoms with van der Waals surface area (Å²) in [5.41, 5.74) is 11.4. The van der Waals surface area contributed by atoms with Crippen molar-refractivity contribution in [2.75, 3.05) is 39.3 Å². The van der Waals surface area contributed by atoms with E-state index in [9.17, 15) is 22.6 Å². The summed E-state index contributed by atoms with van der Waals surface area (Å²) in [6.45, 7) is 20.0. The molecule has 0 bridgehead atoms. The molecule has 302 valence electrons. The SMILES string of the molecule is CC(=O)O[C@H]1C[C@@]2(C)[C@@H](CC[C@H]3[C@@]4(C)CC[C@@H](OS(=O)(=O)O)[C@@H](C)[C@@H]4CC[C@@]32C)[C@@H]1[C@H](CCCC(C)C)C(=O)NCCCN(CCCN)CCCN. The monoisotopic (exact) mass is 755 g/mol. The van der Waals surface area contributed by atoms with E-state index >= 15 is 0 Å². The summed E-state index contributed by atoms with van der Waals surface area (Å²) in [6, 6.07) is 0. The first-order valence-electron chi connectivity index (χ1n) is 20.6. The van der Waals surface area contributed by atoms with Gasteiger partial charge in [-0.1, -0.05) is 54.4 Å². The van der Waals surface area contributed by atoms with Crippen molar-refractivity contribution in [2.24, 2.45) is 69.1 Å². The zero-order valence-electron chi connectivity index (χ0n) is 33.5. The highest BCUT2D eigenvalue weighted by atomic mass is 32.3. The van der Waals surface area contributed by atoms with Gasteiger partial charge in [0.15, 0.2) is 0 Å². The lowest BCUT2D eigenvalue weighted by atomic mass is 9.37. The van der Waals surface area contributed by atoms with Gasteiger partial charge in [-0.3, -0.25) is 14.1 Å². The Balaban J connectivity index is 1.58. The number of carbonyl (C=O) groups is 2. The lowest BCUT2D eigenvalue weighted by molar-refractivity contribution is -0.201. The molecule has 0 heterocycles. The molecule has 4 saturated carbocycles. The Bertz CT molecular complexity index is 1290. The van der Waals surface area contributed by atoms with Crippen molar-refractivity contribution in [1.82, 2.24) is 10.2 Å². The fourth-order valence-electron chi connectivity index (χ4n) is 12.4. The second-order valence-corrected chi connectivity index (χ2v) is 19.4. The first kappa shape index (κ1) is 43.4. The predicted octanol–water partition coefficient (Wildman–Crippen LogP) is 5.96. The molecule has 4 rings (SSSR count).